The first-order valence-electron chi connectivity index (χ1n) is 7.20. The molecule has 7 nitrogen and oxygen atoms in total. The van der Waals surface area contributed by atoms with Gasteiger partial charge in [-0.15, -0.1) is 0 Å². The molecular formula is C15H18ClN5O2. The van der Waals surface area contributed by atoms with Crippen molar-refractivity contribution in [2.24, 2.45) is 5.16 Å². The van der Waals surface area contributed by atoms with Gasteiger partial charge in [0.1, 0.15) is 5.69 Å². The highest BCUT2D eigenvalue weighted by Gasteiger charge is 2.20. The van der Waals surface area contributed by atoms with Crippen molar-refractivity contribution in [3.8, 4) is 5.69 Å². The molecule has 0 atom stereocenters. The SMILES string of the molecule is CCN(C(=O)CCC(C)=NO)c1cn(-c2cccnc2)nc1Cl. The van der Waals surface area contributed by atoms with E-state index in [1.807, 2.05) is 13.0 Å². The maximum absolute atomic E-state index is 12.4. The molecule has 0 fully saturated rings. The molecule has 2 aromatic rings. The number of halogens is 1. The zero-order chi connectivity index (χ0) is 16.8. The Morgan fingerprint density at radius 3 is 2.87 bits per heavy atom. The lowest BCUT2D eigenvalue weighted by Gasteiger charge is -2.19. The molecular weight excluding hydrogens is 318 g/mol. The van der Waals surface area contributed by atoms with Crippen LogP contribution in [0.4, 0.5) is 5.69 Å². The molecule has 0 aromatic carbocycles. The Kier molecular flexibility index (Phi) is 5.70. The lowest BCUT2D eigenvalue weighted by Crippen LogP contribution is -2.30. The minimum absolute atomic E-state index is 0.108. The lowest BCUT2D eigenvalue weighted by atomic mass is 10.2. The monoisotopic (exact) mass is 335 g/mol. The van der Waals surface area contributed by atoms with E-state index in [9.17, 15) is 4.79 Å². The molecule has 1 amide bonds. The van der Waals surface area contributed by atoms with Crippen LogP contribution in [0.25, 0.3) is 5.69 Å². The zero-order valence-electron chi connectivity index (χ0n) is 13.0. The first-order valence-corrected chi connectivity index (χ1v) is 7.58. The molecule has 1 N–H and O–H groups in total. The summed E-state index contributed by atoms with van der Waals surface area (Å²) in [4.78, 5) is 18.0. The number of aromatic nitrogens is 3. The molecule has 0 aliphatic heterocycles. The van der Waals surface area contributed by atoms with Gasteiger partial charge in [-0.25, -0.2) is 4.68 Å². The Hall–Kier alpha value is -2.41. The van der Waals surface area contributed by atoms with Crippen LogP contribution < -0.4 is 4.90 Å². The van der Waals surface area contributed by atoms with Crippen molar-refractivity contribution in [3.63, 3.8) is 0 Å². The molecule has 0 saturated heterocycles. The van der Waals surface area contributed by atoms with E-state index in [0.29, 0.717) is 24.4 Å². The van der Waals surface area contributed by atoms with Crippen molar-refractivity contribution >= 4 is 28.9 Å². The van der Waals surface area contributed by atoms with Gasteiger partial charge < -0.3 is 10.1 Å². The number of carbonyl (C=O) groups excluding carboxylic acids is 1. The Balaban J connectivity index is 2.21. The van der Waals surface area contributed by atoms with Crippen LogP contribution in [-0.4, -0.2) is 38.1 Å². The van der Waals surface area contributed by atoms with Gasteiger partial charge in [0.05, 0.1) is 23.8 Å². The van der Waals surface area contributed by atoms with Crippen molar-refractivity contribution in [2.45, 2.75) is 26.7 Å². The van der Waals surface area contributed by atoms with Crippen molar-refractivity contribution in [1.82, 2.24) is 14.8 Å². The summed E-state index contributed by atoms with van der Waals surface area (Å²) in [7, 11) is 0. The number of oxime groups is 1. The van der Waals surface area contributed by atoms with Crippen LogP contribution in [0.3, 0.4) is 0 Å². The molecule has 0 bridgehead atoms. The molecule has 23 heavy (non-hydrogen) atoms. The number of anilines is 1. The smallest absolute Gasteiger partial charge is 0.227 e. The van der Waals surface area contributed by atoms with Crippen LogP contribution in [0.15, 0.2) is 35.9 Å². The predicted molar refractivity (Wildman–Crippen MR) is 88.5 cm³/mol. The second-order valence-corrected chi connectivity index (χ2v) is 5.29. The summed E-state index contributed by atoms with van der Waals surface area (Å²) in [6.45, 7) is 3.99. The quantitative estimate of drug-likeness (QED) is 0.500. The van der Waals surface area contributed by atoms with Gasteiger partial charge in [-0.1, -0.05) is 16.8 Å². The third-order valence-corrected chi connectivity index (χ3v) is 3.61. The van der Waals surface area contributed by atoms with E-state index in [1.165, 1.54) is 0 Å². The lowest BCUT2D eigenvalue weighted by molar-refractivity contribution is -0.118. The van der Waals surface area contributed by atoms with Gasteiger partial charge in [0.25, 0.3) is 0 Å². The molecule has 2 aromatic heterocycles. The molecule has 0 aliphatic rings. The molecule has 8 heteroatoms. The van der Waals surface area contributed by atoms with Crippen LogP contribution in [-0.2, 0) is 4.79 Å². The average Bonchev–Trinajstić information content (AvgIpc) is 2.96. The first-order chi connectivity index (χ1) is 11.1. The molecule has 2 rings (SSSR count). The number of hydrogen-bond acceptors (Lipinski definition) is 5. The van der Waals surface area contributed by atoms with Gasteiger partial charge in [0.2, 0.25) is 5.91 Å². The van der Waals surface area contributed by atoms with E-state index < -0.39 is 0 Å². The molecule has 0 saturated carbocycles. The Labute approximate surface area is 139 Å². The molecule has 0 radical (unpaired) electrons. The minimum atomic E-state index is -0.108. The van der Waals surface area contributed by atoms with E-state index in [0.717, 1.165) is 5.69 Å². The van der Waals surface area contributed by atoms with E-state index in [-0.39, 0.29) is 17.5 Å². The number of amides is 1. The molecule has 0 spiro atoms. The third kappa shape index (κ3) is 4.07. The summed E-state index contributed by atoms with van der Waals surface area (Å²) in [6.07, 6.45) is 5.65. The fourth-order valence-corrected chi connectivity index (χ4v) is 2.33. The van der Waals surface area contributed by atoms with E-state index in [2.05, 4.69) is 15.2 Å². The highest BCUT2D eigenvalue weighted by molar-refractivity contribution is 6.32. The Morgan fingerprint density at radius 2 is 2.26 bits per heavy atom. The van der Waals surface area contributed by atoms with Crippen molar-refractivity contribution in [1.29, 1.82) is 0 Å². The number of nitrogens with zero attached hydrogens (tertiary/aromatic N) is 5. The Morgan fingerprint density at radius 1 is 1.48 bits per heavy atom. The maximum Gasteiger partial charge on any atom is 0.227 e. The van der Waals surface area contributed by atoms with Crippen LogP contribution >= 0.6 is 11.6 Å². The topological polar surface area (TPSA) is 83.6 Å². The van der Waals surface area contributed by atoms with E-state index in [4.69, 9.17) is 16.8 Å². The largest absolute Gasteiger partial charge is 0.411 e. The molecule has 122 valence electrons. The van der Waals surface area contributed by atoms with Crippen molar-refractivity contribution < 1.29 is 10.0 Å². The van der Waals surface area contributed by atoms with Gasteiger partial charge in [-0.2, -0.15) is 5.10 Å². The van der Waals surface area contributed by atoms with Gasteiger partial charge in [0, 0.05) is 19.2 Å². The maximum atomic E-state index is 12.4. The van der Waals surface area contributed by atoms with E-state index in [1.54, 1.807) is 41.2 Å². The molecule has 0 unspecified atom stereocenters. The number of carbonyl (C=O) groups is 1. The average molecular weight is 336 g/mol. The highest BCUT2D eigenvalue weighted by atomic mass is 35.5. The van der Waals surface area contributed by atoms with Gasteiger partial charge in [-0.05, 0) is 32.4 Å². The zero-order valence-corrected chi connectivity index (χ0v) is 13.7. The highest BCUT2D eigenvalue weighted by Crippen LogP contribution is 2.26. The van der Waals surface area contributed by atoms with E-state index >= 15 is 0 Å². The van der Waals surface area contributed by atoms with Crippen LogP contribution in [0.1, 0.15) is 26.7 Å². The number of pyridine rings is 1. The van der Waals surface area contributed by atoms with Crippen LogP contribution in [0, 0.1) is 0 Å². The second kappa shape index (κ2) is 7.73. The normalized spacial score (nSPS) is 11.5. The van der Waals surface area contributed by atoms with Crippen molar-refractivity contribution in [3.05, 3.63) is 35.9 Å². The molecule has 0 aliphatic carbocycles. The van der Waals surface area contributed by atoms with Gasteiger partial charge >= 0.3 is 0 Å². The summed E-state index contributed by atoms with van der Waals surface area (Å²) < 4.78 is 1.58. The van der Waals surface area contributed by atoms with Gasteiger partial charge in [-0.3, -0.25) is 9.78 Å². The minimum Gasteiger partial charge on any atom is -0.411 e. The summed E-state index contributed by atoms with van der Waals surface area (Å²) in [5.41, 5.74) is 1.81. The fraction of sp³-hybridized carbons (Fsp3) is 0.333. The van der Waals surface area contributed by atoms with Gasteiger partial charge in [0.15, 0.2) is 5.15 Å². The van der Waals surface area contributed by atoms with Crippen LogP contribution in [0.5, 0.6) is 0 Å². The number of rotatable bonds is 6. The van der Waals surface area contributed by atoms with Crippen LogP contribution in [0.2, 0.25) is 5.15 Å². The predicted octanol–water partition coefficient (Wildman–Crippen LogP) is 2.90. The summed E-state index contributed by atoms with van der Waals surface area (Å²) in [5.74, 6) is -0.108. The standard InChI is InChI=1S/C15H18ClN5O2/c1-3-20(14(22)7-6-11(2)19-23)13-10-21(18-15(13)16)12-5-4-8-17-9-12/h4-5,8-10,23H,3,6-7H2,1-2H3. The first kappa shape index (κ1) is 17.0. The second-order valence-electron chi connectivity index (χ2n) is 4.93. The Bertz CT molecular complexity index is 699. The summed E-state index contributed by atoms with van der Waals surface area (Å²) in [6, 6.07) is 3.64. The summed E-state index contributed by atoms with van der Waals surface area (Å²) in [5, 5.41) is 16.2. The number of hydrogen-bond donors (Lipinski definition) is 1. The third-order valence-electron chi connectivity index (χ3n) is 3.34. The van der Waals surface area contributed by atoms with Crippen molar-refractivity contribution in [2.75, 3.05) is 11.4 Å². The molecule has 2 heterocycles. The fourth-order valence-electron chi connectivity index (χ4n) is 2.10. The summed E-state index contributed by atoms with van der Waals surface area (Å²) >= 11 is 6.19.